The van der Waals surface area contributed by atoms with Crippen LogP contribution in [0, 0.1) is 0 Å². The molecule has 1 aliphatic rings. The highest BCUT2D eigenvalue weighted by molar-refractivity contribution is 8.76. The van der Waals surface area contributed by atoms with E-state index < -0.39 is 157 Å². The molecule has 524 valence electrons. The molecular formula is C62H90N18O14S2. The van der Waals surface area contributed by atoms with Crippen molar-refractivity contribution in [2.45, 2.75) is 171 Å². The minimum Gasteiger partial charge on any atom is -0.481 e. The van der Waals surface area contributed by atoms with E-state index in [0.29, 0.717) is 48.9 Å². The van der Waals surface area contributed by atoms with Gasteiger partial charge in [-0.2, -0.15) is 0 Å². The van der Waals surface area contributed by atoms with Gasteiger partial charge in [0.05, 0.1) is 12.7 Å². The summed E-state index contributed by atoms with van der Waals surface area (Å²) in [5.74, 6) is -12.7. The molecule has 32 nitrogen and oxygen atoms in total. The van der Waals surface area contributed by atoms with E-state index in [1.165, 1.54) is 31.3 Å². The second-order valence-corrected chi connectivity index (χ2v) is 25.7. The number of hydrogen-bond donors (Lipinski definition) is 17. The summed E-state index contributed by atoms with van der Waals surface area (Å²) < 4.78 is 0. The Labute approximate surface area is 562 Å². The molecule has 1 aliphatic heterocycles. The Bertz CT molecular complexity index is 3290. The van der Waals surface area contributed by atoms with Crippen molar-refractivity contribution in [3.8, 4) is 0 Å². The smallest absolute Gasteiger partial charge is 0.303 e. The van der Waals surface area contributed by atoms with Gasteiger partial charge in [0.2, 0.25) is 70.9 Å². The molecule has 0 saturated carbocycles. The zero-order chi connectivity index (χ0) is 70.3. The van der Waals surface area contributed by atoms with Crippen molar-refractivity contribution in [3.05, 3.63) is 90.1 Å². The normalized spacial score (nSPS) is 18.8. The van der Waals surface area contributed by atoms with Gasteiger partial charge in [0.15, 0.2) is 0 Å². The molecule has 0 radical (unpaired) electrons. The van der Waals surface area contributed by atoms with Crippen LogP contribution in [0.4, 0.5) is 0 Å². The van der Waals surface area contributed by atoms with Gasteiger partial charge in [0, 0.05) is 73.2 Å². The van der Waals surface area contributed by atoms with Crippen LogP contribution < -0.4 is 76.5 Å². The summed E-state index contributed by atoms with van der Waals surface area (Å²) in [5, 5.41) is 33.9. The van der Waals surface area contributed by atoms with Crippen LogP contribution in [0.5, 0.6) is 0 Å². The van der Waals surface area contributed by atoms with Crippen molar-refractivity contribution in [2.24, 2.45) is 28.7 Å². The number of para-hydroxylation sites is 1. The number of rotatable bonds is 35. The number of carboxylic acid groups (broad SMARTS) is 1. The average Bonchev–Trinajstić information content (AvgIpc) is 1.54. The fourth-order valence-corrected chi connectivity index (χ4v) is 12.7. The first-order chi connectivity index (χ1) is 45.9. The third-order valence-corrected chi connectivity index (χ3v) is 18.0. The maximum absolute atomic E-state index is 14.7. The number of nitrogens with two attached hydrogens (primary N) is 5. The number of hydrogen-bond acceptors (Lipinski definition) is 19. The largest absolute Gasteiger partial charge is 0.481 e. The first-order valence-electron chi connectivity index (χ1n) is 31.6. The van der Waals surface area contributed by atoms with Gasteiger partial charge >= 0.3 is 5.97 Å². The Morgan fingerprint density at radius 3 is 1.84 bits per heavy atom. The van der Waals surface area contributed by atoms with Crippen LogP contribution in [0.1, 0.15) is 108 Å². The number of unbranched alkanes of at least 4 members (excludes halogenated alkanes) is 3. The summed E-state index contributed by atoms with van der Waals surface area (Å²) in [6.07, 6.45) is 4.13. The van der Waals surface area contributed by atoms with Gasteiger partial charge in [0.1, 0.15) is 60.4 Å². The quantitative estimate of drug-likeness (QED) is 0.0167. The van der Waals surface area contributed by atoms with E-state index >= 15 is 0 Å². The number of aliphatic carboxylic acids is 1. The van der Waals surface area contributed by atoms with Crippen molar-refractivity contribution >= 4 is 109 Å². The number of carboxylic acids is 1. The predicted molar refractivity (Wildman–Crippen MR) is 357 cm³/mol. The van der Waals surface area contributed by atoms with Gasteiger partial charge in [-0.1, -0.05) is 70.1 Å². The van der Waals surface area contributed by atoms with Crippen LogP contribution in [0.3, 0.4) is 0 Å². The van der Waals surface area contributed by atoms with E-state index in [0.717, 1.165) is 32.5 Å². The maximum Gasteiger partial charge on any atom is 0.303 e. The lowest BCUT2D eigenvalue weighted by Gasteiger charge is -2.33. The van der Waals surface area contributed by atoms with E-state index in [9.17, 15) is 67.4 Å². The molecule has 0 aliphatic carbocycles. The lowest BCUT2D eigenvalue weighted by atomic mass is 10.0. The molecule has 3 heterocycles. The molecule has 2 aromatic carbocycles. The average molecular weight is 1380 g/mol. The number of aromatic amines is 2. The van der Waals surface area contributed by atoms with Crippen molar-refractivity contribution in [2.75, 3.05) is 31.1 Å². The van der Waals surface area contributed by atoms with E-state index in [4.69, 9.17) is 28.7 Å². The summed E-state index contributed by atoms with van der Waals surface area (Å²) in [4.78, 5) is 192. The Morgan fingerprint density at radius 1 is 0.667 bits per heavy atom. The molecule has 4 aromatic rings. The fraction of sp³-hybridized carbons (Fsp3) is 0.516. The number of carbonyl (C=O) groups is 13. The Morgan fingerprint density at radius 2 is 1.24 bits per heavy atom. The number of aromatic nitrogens is 3. The lowest BCUT2D eigenvalue weighted by molar-refractivity contribution is -0.143. The standard InChI is InChI=1S/C62H90N18O14S2/c1-35(62(94)80(31-38-29-69-41-17-7-6-16-40(38)41)50(53(67)85)26-37-14-4-3-5-15-37)71-58(90)47(28-51(66)82)78-56(88)44(20-10-13-25-65)74-57(89)45(21-22-52(83)84)76-61(93)49-33-96-95-32-48(72-36(2)81)60(92)75-42(18-8-11-23-63)54(86)73-43(19-9-12-24-64)55(87)77-46(59(91)79-49)27-39-30-68-34-70-39/h3-7,14-17,29-30,34-35,42-50,69H,8-13,18-28,31-33,63-65H2,1-2H3,(H2,66,82)(H2,67,85)(H,68,70)(H,71,90)(H,72,81)(H,73,86)(H,74,89)(H,75,92)(H,76,93)(H,77,87)(H,78,88)(H,79,91)(H,83,84)/t35-,42+,43-,44-,45-,46+,47-,48+,49+,50-/m0/s1. The SMILES string of the molecule is CC(=O)N[C@@H]1CSSC[C@H](C(=O)N[C@@H](CCC(=O)O)C(=O)N[C@@H](CCCCN)C(=O)N[C@@H](CC(N)=O)C(=O)N[C@@H](C)C(=O)N(Cc2c[nH]c3ccccc23)[C@@H](Cc2ccccc2)C(N)=O)NC(=O)[C@@H](Cc2cnc[nH]2)NC(=O)[C@H](CCCCN)NC(=O)[C@@H](CCCCN)NC1=O. The highest BCUT2D eigenvalue weighted by Crippen LogP contribution is 2.25. The Hall–Kier alpha value is -9.12. The number of amides is 12. The molecule has 0 unspecified atom stereocenters. The van der Waals surface area contributed by atoms with Gasteiger partial charge in [-0.15, -0.1) is 0 Å². The van der Waals surface area contributed by atoms with Crippen molar-refractivity contribution < 1.29 is 67.4 Å². The van der Waals surface area contributed by atoms with Gasteiger partial charge in [0.25, 0.3) is 0 Å². The molecule has 1 saturated heterocycles. The summed E-state index contributed by atoms with van der Waals surface area (Å²) >= 11 is 0. The van der Waals surface area contributed by atoms with Crippen LogP contribution in [0.15, 0.2) is 73.3 Å². The fourth-order valence-electron chi connectivity index (χ4n) is 10.4. The number of nitrogens with one attached hydrogen (secondary N) is 11. The summed E-state index contributed by atoms with van der Waals surface area (Å²) in [5.41, 5.74) is 31.3. The minimum absolute atomic E-state index is 0.00346. The summed E-state index contributed by atoms with van der Waals surface area (Å²) in [7, 11) is 1.92. The minimum atomic E-state index is -1.79. The molecule has 5 rings (SSSR count). The molecule has 2 aromatic heterocycles. The second-order valence-electron chi connectivity index (χ2n) is 23.2. The number of imidazole rings is 1. The van der Waals surface area contributed by atoms with Crippen molar-refractivity contribution in [3.63, 3.8) is 0 Å². The van der Waals surface area contributed by atoms with Gasteiger partial charge < -0.3 is 96.5 Å². The zero-order valence-corrected chi connectivity index (χ0v) is 55.3. The van der Waals surface area contributed by atoms with Crippen molar-refractivity contribution in [1.29, 1.82) is 0 Å². The number of primary amides is 2. The third kappa shape index (κ3) is 25.6. The monoisotopic (exact) mass is 1370 g/mol. The summed E-state index contributed by atoms with van der Waals surface area (Å²) in [6.45, 7) is 3.02. The van der Waals surface area contributed by atoms with E-state index in [2.05, 4.69) is 62.8 Å². The number of nitrogens with zero attached hydrogens (tertiary/aromatic N) is 2. The number of H-pyrrole nitrogens is 2. The predicted octanol–water partition coefficient (Wildman–Crippen LogP) is -2.52. The topological polar surface area (TPSA) is 528 Å². The Balaban J connectivity index is 1.44. The first kappa shape index (κ1) is 77.6. The third-order valence-electron chi connectivity index (χ3n) is 15.6. The Kier molecular flexibility index (Phi) is 32.6. The number of benzene rings is 2. The molecule has 12 amide bonds. The van der Waals surface area contributed by atoms with Crippen LogP contribution in [-0.2, 0) is 81.7 Å². The molecular weight excluding hydrogens is 1280 g/mol. The number of carbonyl (C=O) groups excluding carboxylic acids is 12. The van der Waals surface area contributed by atoms with Crippen LogP contribution in [0.2, 0.25) is 0 Å². The molecule has 0 bridgehead atoms. The molecule has 0 spiro atoms. The molecule has 34 heteroatoms. The second kappa shape index (κ2) is 40.3. The van der Waals surface area contributed by atoms with E-state index in [-0.39, 0.29) is 76.2 Å². The van der Waals surface area contributed by atoms with E-state index in [1.54, 1.807) is 42.6 Å². The van der Waals surface area contributed by atoms with E-state index in [1.807, 2.05) is 18.2 Å². The van der Waals surface area contributed by atoms with Gasteiger partial charge in [-0.3, -0.25) is 62.3 Å². The molecule has 1 fully saturated rings. The molecule has 22 N–H and O–H groups in total. The first-order valence-corrected chi connectivity index (χ1v) is 34.1. The highest BCUT2D eigenvalue weighted by atomic mass is 33.1. The number of fused-ring (bicyclic) bond motifs is 1. The van der Waals surface area contributed by atoms with Crippen LogP contribution in [0.25, 0.3) is 10.9 Å². The van der Waals surface area contributed by atoms with Gasteiger partial charge in [-0.05, 0) is 108 Å². The molecule has 96 heavy (non-hydrogen) atoms. The van der Waals surface area contributed by atoms with Crippen LogP contribution >= 0.6 is 21.6 Å². The van der Waals surface area contributed by atoms with Crippen LogP contribution in [-0.4, -0.2) is 193 Å². The van der Waals surface area contributed by atoms with Gasteiger partial charge in [-0.25, -0.2) is 4.98 Å². The maximum atomic E-state index is 14.7. The highest BCUT2D eigenvalue weighted by Gasteiger charge is 2.38. The van der Waals surface area contributed by atoms with Crippen molar-refractivity contribution in [1.82, 2.24) is 67.7 Å². The molecule has 10 atom stereocenters. The summed E-state index contributed by atoms with van der Waals surface area (Å²) in [6, 6.07) is 1.37. The zero-order valence-electron chi connectivity index (χ0n) is 53.7. The lowest BCUT2D eigenvalue weighted by Crippen LogP contribution is -2.61.